The molecule has 0 aliphatic heterocycles. The summed E-state index contributed by atoms with van der Waals surface area (Å²) in [6.45, 7) is 9.78. The van der Waals surface area contributed by atoms with Gasteiger partial charge in [-0.05, 0) is 69.5 Å². The molecule has 1 atom stereocenters. The smallest absolute Gasteiger partial charge is 0.264 e. The van der Waals surface area contributed by atoms with Gasteiger partial charge in [-0.15, -0.1) is 0 Å². The second-order valence-electron chi connectivity index (χ2n) is 9.99. The number of amides is 2. The molecule has 0 aliphatic rings. The molecule has 0 aliphatic carbocycles. The Bertz CT molecular complexity index is 1420. The van der Waals surface area contributed by atoms with Crippen molar-refractivity contribution in [3.8, 4) is 5.75 Å². The van der Waals surface area contributed by atoms with Crippen LogP contribution in [0.1, 0.15) is 50.3 Å². The lowest BCUT2D eigenvalue weighted by atomic mass is 10.1. The fourth-order valence-electron chi connectivity index (χ4n) is 4.38. The molecule has 0 unspecified atom stereocenters. The van der Waals surface area contributed by atoms with E-state index in [0.29, 0.717) is 18.9 Å². The first-order valence-corrected chi connectivity index (χ1v) is 15.5. The summed E-state index contributed by atoms with van der Waals surface area (Å²) < 4.78 is 35.0. The van der Waals surface area contributed by atoms with Gasteiger partial charge in [0.1, 0.15) is 18.3 Å². The predicted molar refractivity (Wildman–Crippen MR) is 162 cm³/mol. The van der Waals surface area contributed by atoms with E-state index in [1.807, 2.05) is 52.0 Å². The Morgan fingerprint density at radius 1 is 0.927 bits per heavy atom. The number of aryl methyl sites for hydroxylation is 2. The fraction of sp³-hybridized carbons (Fsp3) is 0.375. The largest absolute Gasteiger partial charge is 0.492 e. The quantitative estimate of drug-likeness (QED) is 0.264. The van der Waals surface area contributed by atoms with E-state index < -0.39 is 28.5 Å². The van der Waals surface area contributed by atoms with Gasteiger partial charge >= 0.3 is 0 Å². The van der Waals surface area contributed by atoms with Gasteiger partial charge in [-0.1, -0.05) is 67.4 Å². The number of carbonyl (C=O) groups is 2. The number of hydrogen-bond donors (Lipinski definition) is 1. The third kappa shape index (κ3) is 8.10. The maximum Gasteiger partial charge on any atom is 0.264 e. The molecule has 0 saturated heterocycles. The molecule has 0 aromatic heterocycles. The average molecular weight is 580 g/mol. The highest BCUT2D eigenvalue weighted by molar-refractivity contribution is 7.92. The summed E-state index contributed by atoms with van der Waals surface area (Å²) in [5.74, 6) is -0.453. The molecule has 0 radical (unpaired) electrons. The molecular weight excluding hydrogens is 538 g/mol. The summed E-state index contributed by atoms with van der Waals surface area (Å²) in [6.07, 6.45) is 1.74. The van der Waals surface area contributed by atoms with Crippen molar-refractivity contribution in [1.82, 2.24) is 10.2 Å². The van der Waals surface area contributed by atoms with E-state index in [4.69, 9.17) is 4.74 Å². The van der Waals surface area contributed by atoms with Crippen molar-refractivity contribution in [3.63, 3.8) is 0 Å². The minimum Gasteiger partial charge on any atom is -0.492 e. The number of nitrogens with one attached hydrogen (secondary N) is 1. The average Bonchev–Trinajstić information content (AvgIpc) is 2.96. The highest BCUT2D eigenvalue weighted by Gasteiger charge is 2.33. The zero-order chi connectivity index (χ0) is 30.0. The maximum absolute atomic E-state index is 14.1. The lowest BCUT2D eigenvalue weighted by molar-refractivity contribution is -0.139. The molecule has 0 fully saturated rings. The molecule has 2 amide bonds. The summed E-state index contributed by atoms with van der Waals surface area (Å²) in [5, 5.41) is 2.91. The molecule has 9 heteroatoms. The van der Waals surface area contributed by atoms with Crippen molar-refractivity contribution in [2.24, 2.45) is 0 Å². The molecule has 8 nitrogen and oxygen atoms in total. The standard InChI is InChI=1S/C32H41N3O5S/c1-6-8-21-33-32(37)26(5)34(22-27-14-10-9-13-25(27)4)31(36)23-35(29-15-11-12-16-30(29)40-7-2)41(38,39)28-19-17-24(3)18-20-28/h9-20,26H,6-8,21-23H2,1-5H3,(H,33,37)/t26-/m0/s1. The first-order valence-electron chi connectivity index (χ1n) is 14.0. The van der Waals surface area contributed by atoms with Crippen LogP contribution in [0.25, 0.3) is 0 Å². The number of sulfonamides is 1. The fourth-order valence-corrected chi connectivity index (χ4v) is 5.81. The van der Waals surface area contributed by atoms with Crippen molar-refractivity contribution in [1.29, 1.82) is 0 Å². The molecule has 0 saturated carbocycles. The van der Waals surface area contributed by atoms with E-state index in [-0.39, 0.29) is 23.0 Å². The molecule has 3 rings (SSSR count). The third-order valence-corrected chi connectivity index (χ3v) is 8.69. The number of benzene rings is 3. The van der Waals surface area contributed by atoms with Crippen LogP contribution in [-0.4, -0.2) is 50.9 Å². The summed E-state index contributed by atoms with van der Waals surface area (Å²) >= 11 is 0. The van der Waals surface area contributed by atoms with Crippen LogP contribution < -0.4 is 14.4 Å². The van der Waals surface area contributed by atoms with E-state index in [1.54, 1.807) is 43.3 Å². The molecule has 0 bridgehead atoms. The minimum absolute atomic E-state index is 0.0537. The molecule has 220 valence electrons. The maximum atomic E-state index is 14.1. The van der Waals surface area contributed by atoms with Crippen LogP contribution >= 0.6 is 0 Å². The first-order chi connectivity index (χ1) is 19.6. The van der Waals surface area contributed by atoms with Crippen molar-refractivity contribution in [2.75, 3.05) is 24.0 Å². The summed E-state index contributed by atoms with van der Waals surface area (Å²) in [6, 6.07) is 20.0. The normalized spacial score (nSPS) is 11.9. The topological polar surface area (TPSA) is 96.0 Å². The van der Waals surface area contributed by atoms with E-state index >= 15 is 0 Å². The van der Waals surface area contributed by atoms with Crippen LogP contribution in [0.2, 0.25) is 0 Å². The van der Waals surface area contributed by atoms with Crippen LogP contribution in [0.4, 0.5) is 5.69 Å². The van der Waals surface area contributed by atoms with Crippen molar-refractivity contribution in [2.45, 2.75) is 64.9 Å². The summed E-state index contributed by atoms with van der Waals surface area (Å²) in [7, 11) is -4.18. The molecule has 1 N–H and O–H groups in total. The number of carbonyl (C=O) groups excluding carboxylic acids is 2. The SMILES string of the molecule is CCCCNC(=O)[C@H](C)N(Cc1ccccc1C)C(=O)CN(c1ccccc1OCC)S(=O)(=O)c1ccc(C)cc1. The minimum atomic E-state index is -4.18. The van der Waals surface area contributed by atoms with Gasteiger partial charge < -0.3 is 15.0 Å². The monoisotopic (exact) mass is 579 g/mol. The Kier molecular flexibility index (Phi) is 11.3. The zero-order valence-electron chi connectivity index (χ0n) is 24.6. The van der Waals surface area contributed by atoms with Gasteiger partial charge in [0, 0.05) is 13.1 Å². The zero-order valence-corrected chi connectivity index (χ0v) is 25.4. The van der Waals surface area contributed by atoms with Crippen molar-refractivity contribution >= 4 is 27.5 Å². The third-order valence-electron chi connectivity index (χ3n) is 6.92. The molecule has 41 heavy (non-hydrogen) atoms. The number of unbranched alkanes of at least 4 members (excludes halogenated alkanes) is 1. The molecule has 0 spiro atoms. The van der Waals surface area contributed by atoms with Gasteiger partial charge in [-0.3, -0.25) is 13.9 Å². The number of nitrogens with zero attached hydrogens (tertiary/aromatic N) is 2. The molecular formula is C32H41N3O5S. The van der Waals surface area contributed by atoms with Crippen LogP contribution in [-0.2, 0) is 26.2 Å². The first kappa shape index (κ1) is 31.7. The molecule has 0 heterocycles. The van der Waals surface area contributed by atoms with Crippen molar-refractivity contribution in [3.05, 3.63) is 89.5 Å². The highest BCUT2D eigenvalue weighted by Crippen LogP contribution is 2.33. The number of anilines is 1. The Morgan fingerprint density at radius 3 is 2.24 bits per heavy atom. The van der Waals surface area contributed by atoms with E-state index in [9.17, 15) is 18.0 Å². The van der Waals surface area contributed by atoms with Gasteiger partial charge in [0.15, 0.2) is 0 Å². The van der Waals surface area contributed by atoms with Crippen LogP contribution in [0.5, 0.6) is 5.75 Å². The van der Waals surface area contributed by atoms with E-state index in [0.717, 1.165) is 33.8 Å². The van der Waals surface area contributed by atoms with Crippen LogP contribution in [0.15, 0.2) is 77.7 Å². The van der Waals surface area contributed by atoms with Crippen LogP contribution in [0, 0.1) is 13.8 Å². The number of rotatable bonds is 14. The lowest BCUT2D eigenvalue weighted by Crippen LogP contribution is -2.51. The number of para-hydroxylation sites is 2. The highest BCUT2D eigenvalue weighted by atomic mass is 32.2. The summed E-state index contributed by atoms with van der Waals surface area (Å²) in [4.78, 5) is 28.7. The van der Waals surface area contributed by atoms with Crippen molar-refractivity contribution < 1.29 is 22.7 Å². The Morgan fingerprint density at radius 2 is 1.59 bits per heavy atom. The predicted octanol–water partition coefficient (Wildman–Crippen LogP) is 5.23. The van der Waals surface area contributed by atoms with E-state index in [1.165, 1.54) is 17.0 Å². The van der Waals surface area contributed by atoms with E-state index in [2.05, 4.69) is 5.32 Å². The number of ether oxygens (including phenoxy) is 1. The lowest BCUT2D eigenvalue weighted by Gasteiger charge is -2.32. The van der Waals surface area contributed by atoms with Gasteiger partial charge in [-0.2, -0.15) is 0 Å². The Balaban J connectivity index is 2.06. The Hall–Kier alpha value is -3.85. The van der Waals surface area contributed by atoms with Gasteiger partial charge in [-0.25, -0.2) is 8.42 Å². The van der Waals surface area contributed by atoms with Gasteiger partial charge in [0.05, 0.1) is 17.2 Å². The number of hydrogen-bond acceptors (Lipinski definition) is 5. The second kappa shape index (κ2) is 14.7. The second-order valence-corrected chi connectivity index (χ2v) is 11.9. The molecule has 3 aromatic carbocycles. The summed E-state index contributed by atoms with van der Waals surface area (Å²) in [5.41, 5.74) is 3.00. The van der Waals surface area contributed by atoms with Gasteiger partial charge in [0.2, 0.25) is 11.8 Å². The van der Waals surface area contributed by atoms with Crippen LogP contribution in [0.3, 0.4) is 0 Å². The molecule has 3 aromatic rings. The van der Waals surface area contributed by atoms with Gasteiger partial charge in [0.25, 0.3) is 10.0 Å². The Labute approximate surface area is 244 Å².